The van der Waals surface area contributed by atoms with E-state index in [1.165, 1.54) is 11.8 Å². The maximum atomic E-state index is 11.9. The number of carbonyl (C=O) groups excluding carboxylic acids is 2. The topological polar surface area (TPSA) is 84.0 Å². The molecule has 0 spiro atoms. The quantitative estimate of drug-likeness (QED) is 0.479. The average Bonchev–Trinajstić information content (AvgIpc) is 3.42. The molecule has 124 valence electrons. The van der Waals surface area contributed by atoms with E-state index in [0.29, 0.717) is 12.5 Å². The first-order chi connectivity index (χ1) is 11.7. The molecule has 0 bridgehead atoms. The lowest BCUT2D eigenvalue weighted by Crippen LogP contribution is -2.40. The number of hydrogen-bond donors (Lipinski definition) is 2. The van der Waals surface area contributed by atoms with Gasteiger partial charge >= 0.3 is 6.03 Å². The number of para-hydroxylation sites is 1. The summed E-state index contributed by atoms with van der Waals surface area (Å²) in [6, 6.07) is 7.25. The number of nitrogens with zero attached hydrogens (tertiary/aromatic N) is 2. The number of nitrogens with one attached hydrogen (secondary N) is 2. The van der Waals surface area contributed by atoms with Crippen LogP contribution in [0.15, 0.2) is 41.9 Å². The van der Waals surface area contributed by atoms with Crippen LogP contribution in [0.1, 0.15) is 24.6 Å². The standard InChI is InChI=1S/C17H18N4O2S/c1-2-9-18-17(23)20-14(22)10-24-16-12-5-3-4-6-13(12)19-15(21-16)11-7-8-11/h2-6,11H,1,7-10H2,(H2,18,20,22,23). The molecule has 3 amide bonds. The molecule has 24 heavy (non-hydrogen) atoms. The fraction of sp³-hybridized carbons (Fsp3) is 0.294. The van der Waals surface area contributed by atoms with Crippen LogP contribution in [0.3, 0.4) is 0 Å². The second-order valence-corrected chi connectivity index (χ2v) is 6.48. The molecule has 1 aliphatic carbocycles. The van der Waals surface area contributed by atoms with Crippen LogP contribution in [-0.2, 0) is 4.79 Å². The van der Waals surface area contributed by atoms with Crippen LogP contribution in [0.25, 0.3) is 10.9 Å². The highest BCUT2D eigenvalue weighted by Crippen LogP contribution is 2.39. The molecule has 0 atom stereocenters. The van der Waals surface area contributed by atoms with Crippen molar-refractivity contribution in [2.45, 2.75) is 23.8 Å². The molecule has 1 aromatic carbocycles. The van der Waals surface area contributed by atoms with Gasteiger partial charge < -0.3 is 5.32 Å². The van der Waals surface area contributed by atoms with Gasteiger partial charge in [0, 0.05) is 17.8 Å². The highest BCUT2D eigenvalue weighted by molar-refractivity contribution is 8.00. The van der Waals surface area contributed by atoms with Crippen LogP contribution >= 0.6 is 11.8 Å². The Morgan fingerprint density at radius 2 is 2.08 bits per heavy atom. The summed E-state index contributed by atoms with van der Waals surface area (Å²) in [6.07, 6.45) is 3.78. The van der Waals surface area contributed by atoms with E-state index in [1.807, 2.05) is 24.3 Å². The van der Waals surface area contributed by atoms with Gasteiger partial charge in [-0.05, 0) is 18.9 Å². The Kier molecular flexibility index (Phi) is 5.10. The number of thioether (sulfide) groups is 1. The molecule has 0 aliphatic heterocycles. The normalized spacial score (nSPS) is 13.5. The molecular weight excluding hydrogens is 324 g/mol. The van der Waals surface area contributed by atoms with Gasteiger partial charge in [0.1, 0.15) is 10.9 Å². The first-order valence-electron chi connectivity index (χ1n) is 7.75. The molecule has 2 N–H and O–H groups in total. The van der Waals surface area contributed by atoms with Crippen molar-refractivity contribution in [1.82, 2.24) is 20.6 Å². The third kappa shape index (κ3) is 4.11. The second kappa shape index (κ2) is 7.44. The minimum atomic E-state index is -0.522. The van der Waals surface area contributed by atoms with Gasteiger partial charge in [0.05, 0.1) is 11.3 Å². The summed E-state index contributed by atoms with van der Waals surface area (Å²) in [5.74, 6) is 1.04. The monoisotopic (exact) mass is 342 g/mol. The molecule has 1 heterocycles. The summed E-state index contributed by atoms with van der Waals surface area (Å²) in [5.41, 5.74) is 0.890. The van der Waals surface area contributed by atoms with Crippen molar-refractivity contribution in [3.8, 4) is 0 Å². The van der Waals surface area contributed by atoms with Crippen LogP contribution in [0.5, 0.6) is 0 Å². The van der Waals surface area contributed by atoms with E-state index in [2.05, 4.69) is 27.2 Å². The van der Waals surface area contributed by atoms with Crippen molar-refractivity contribution in [1.29, 1.82) is 0 Å². The van der Waals surface area contributed by atoms with Crippen LogP contribution in [0.2, 0.25) is 0 Å². The molecule has 2 aromatic rings. The van der Waals surface area contributed by atoms with Crippen LogP contribution in [-0.4, -0.2) is 34.2 Å². The molecule has 1 aliphatic rings. The van der Waals surface area contributed by atoms with Crippen LogP contribution < -0.4 is 10.6 Å². The van der Waals surface area contributed by atoms with Gasteiger partial charge in [0.15, 0.2) is 0 Å². The zero-order chi connectivity index (χ0) is 16.9. The van der Waals surface area contributed by atoms with Crippen molar-refractivity contribution in [2.24, 2.45) is 0 Å². The first-order valence-corrected chi connectivity index (χ1v) is 8.74. The number of aromatic nitrogens is 2. The third-order valence-corrected chi connectivity index (χ3v) is 4.52. The van der Waals surface area contributed by atoms with Crippen molar-refractivity contribution < 1.29 is 9.59 Å². The number of amides is 3. The van der Waals surface area contributed by atoms with E-state index in [9.17, 15) is 9.59 Å². The van der Waals surface area contributed by atoms with Gasteiger partial charge in [-0.2, -0.15) is 0 Å². The number of imide groups is 1. The predicted octanol–water partition coefficient (Wildman–Crippen LogP) is 2.61. The lowest BCUT2D eigenvalue weighted by molar-refractivity contribution is -0.117. The number of carbonyl (C=O) groups is 2. The van der Waals surface area contributed by atoms with E-state index in [4.69, 9.17) is 0 Å². The molecule has 3 rings (SSSR count). The molecule has 0 saturated heterocycles. The molecule has 0 unspecified atom stereocenters. The lowest BCUT2D eigenvalue weighted by atomic mass is 10.2. The minimum Gasteiger partial charge on any atom is -0.334 e. The van der Waals surface area contributed by atoms with E-state index in [-0.39, 0.29) is 11.7 Å². The van der Waals surface area contributed by atoms with Gasteiger partial charge in [-0.25, -0.2) is 14.8 Å². The van der Waals surface area contributed by atoms with Crippen LogP contribution in [0.4, 0.5) is 4.79 Å². The van der Waals surface area contributed by atoms with E-state index >= 15 is 0 Å². The fourth-order valence-corrected chi connectivity index (χ4v) is 3.03. The van der Waals surface area contributed by atoms with Crippen molar-refractivity contribution in [3.63, 3.8) is 0 Å². The summed E-state index contributed by atoms with van der Waals surface area (Å²) < 4.78 is 0. The average molecular weight is 342 g/mol. The Labute approximate surface area is 144 Å². The van der Waals surface area contributed by atoms with Crippen molar-refractivity contribution in [2.75, 3.05) is 12.3 Å². The number of rotatable bonds is 6. The van der Waals surface area contributed by atoms with Gasteiger partial charge in [-0.15, -0.1) is 6.58 Å². The minimum absolute atomic E-state index is 0.118. The maximum Gasteiger partial charge on any atom is 0.321 e. The Morgan fingerprint density at radius 3 is 2.83 bits per heavy atom. The summed E-state index contributed by atoms with van der Waals surface area (Å²) >= 11 is 1.32. The zero-order valence-corrected chi connectivity index (χ0v) is 13.9. The Bertz CT molecular complexity index is 789. The van der Waals surface area contributed by atoms with E-state index in [1.54, 1.807) is 6.08 Å². The molecule has 7 heteroatoms. The summed E-state index contributed by atoms with van der Waals surface area (Å²) in [4.78, 5) is 32.6. The lowest BCUT2D eigenvalue weighted by Gasteiger charge is -2.08. The van der Waals surface area contributed by atoms with Gasteiger partial charge in [0.25, 0.3) is 0 Å². The Hall–Kier alpha value is -2.41. The zero-order valence-electron chi connectivity index (χ0n) is 13.1. The fourth-order valence-electron chi connectivity index (χ4n) is 2.20. The van der Waals surface area contributed by atoms with Crippen LogP contribution in [0, 0.1) is 0 Å². The Balaban J connectivity index is 1.69. The Morgan fingerprint density at radius 1 is 1.29 bits per heavy atom. The highest BCUT2D eigenvalue weighted by Gasteiger charge is 2.27. The first kappa shape index (κ1) is 16.4. The molecule has 1 saturated carbocycles. The number of hydrogen-bond acceptors (Lipinski definition) is 5. The molecule has 1 fully saturated rings. The van der Waals surface area contributed by atoms with Gasteiger partial charge in [0.2, 0.25) is 5.91 Å². The van der Waals surface area contributed by atoms with Gasteiger partial charge in [-0.3, -0.25) is 10.1 Å². The molecule has 6 nitrogen and oxygen atoms in total. The maximum absolute atomic E-state index is 11.9. The van der Waals surface area contributed by atoms with Crippen molar-refractivity contribution in [3.05, 3.63) is 42.7 Å². The number of urea groups is 1. The van der Waals surface area contributed by atoms with Crippen molar-refractivity contribution >= 4 is 34.6 Å². The smallest absolute Gasteiger partial charge is 0.321 e. The molecular formula is C17H18N4O2S. The SMILES string of the molecule is C=CCNC(=O)NC(=O)CSc1nc(C2CC2)nc2ccccc12. The second-order valence-electron chi connectivity index (χ2n) is 5.51. The largest absolute Gasteiger partial charge is 0.334 e. The molecule has 0 radical (unpaired) electrons. The third-order valence-electron chi connectivity index (χ3n) is 3.53. The molecule has 1 aromatic heterocycles. The highest BCUT2D eigenvalue weighted by atomic mass is 32.2. The van der Waals surface area contributed by atoms with Gasteiger partial charge in [-0.1, -0.05) is 36.0 Å². The van der Waals surface area contributed by atoms with E-state index in [0.717, 1.165) is 34.6 Å². The predicted molar refractivity (Wildman–Crippen MR) is 94.0 cm³/mol. The summed E-state index contributed by atoms with van der Waals surface area (Å²) in [5, 5.41) is 6.49. The summed E-state index contributed by atoms with van der Waals surface area (Å²) in [7, 11) is 0. The van der Waals surface area contributed by atoms with E-state index < -0.39 is 6.03 Å². The number of fused-ring (bicyclic) bond motifs is 1. The number of benzene rings is 1. The summed E-state index contributed by atoms with van der Waals surface area (Å²) in [6.45, 7) is 3.81.